The molecule has 2 aromatic rings. The van der Waals surface area contributed by atoms with E-state index in [0.29, 0.717) is 9.80 Å². The zero-order chi connectivity index (χ0) is 31.8. The lowest BCUT2D eigenvalue weighted by atomic mass is 9.89. The maximum atomic E-state index is 14.1. The summed E-state index contributed by atoms with van der Waals surface area (Å²) >= 11 is 0. The molecular formula is C32H41N3O7S. The molecule has 0 aromatic heterocycles. The summed E-state index contributed by atoms with van der Waals surface area (Å²) in [5, 5.41) is 9.83. The molecule has 0 unspecified atom stereocenters. The predicted octanol–water partition coefficient (Wildman–Crippen LogP) is 4.42. The van der Waals surface area contributed by atoms with E-state index in [1.54, 1.807) is 12.1 Å². The van der Waals surface area contributed by atoms with Crippen LogP contribution in [0.4, 0.5) is 0 Å². The molecule has 11 heteroatoms. The topological polar surface area (TPSA) is 132 Å². The minimum Gasteiger partial charge on any atom is -0.480 e. The Morgan fingerprint density at radius 2 is 1.30 bits per heavy atom. The summed E-state index contributed by atoms with van der Waals surface area (Å²) in [5.41, 5.74) is 2.97. The van der Waals surface area contributed by atoms with E-state index in [1.807, 2.05) is 39.8 Å². The third-order valence-electron chi connectivity index (χ3n) is 8.32. The molecular weight excluding hydrogens is 570 g/mol. The third-order valence-corrected chi connectivity index (χ3v) is 10.4. The third kappa shape index (κ3) is 6.24. The van der Waals surface area contributed by atoms with E-state index in [-0.39, 0.29) is 73.8 Å². The van der Waals surface area contributed by atoms with Gasteiger partial charge in [0.2, 0.25) is 15.9 Å². The standard InChI is InChI=1S/C32H41N3O7S/c1-19(2)22-17-25(20(3)4)29(26(18-22)21(5)6)43(41,42)34-15-13-33(14-16-34)28(36)12-11-27(32(39)40)35-30(37)23-9-7-8-10-24(23)31(35)38/h7-10,17-21,27H,11-16H2,1-6H3,(H,39,40)/t27-/m0/s1. The Morgan fingerprint density at radius 3 is 1.72 bits per heavy atom. The van der Waals surface area contributed by atoms with Crippen LogP contribution in [0.5, 0.6) is 0 Å². The lowest BCUT2D eigenvalue weighted by Gasteiger charge is -2.35. The zero-order valence-electron chi connectivity index (χ0n) is 25.7. The molecule has 0 bridgehead atoms. The summed E-state index contributed by atoms with van der Waals surface area (Å²) in [4.78, 5) is 53.4. The minimum absolute atomic E-state index is 0.00631. The van der Waals surface area contributed by atoms with E-state index in [1.165, 1.54) is 21.3 Å². The lowest BCUT2D eigenvalue weighted by molar-refractivity contribution is -0.142. The molecule has 43 heavy (non-hydrogen) atoms. The molecule has 10 nitrogen and oxygen atoms in total. The largest absolute Gasteiger partial charge is 0.480 e. The number of sulfonamides is 1. The monoisotopic (exact) mass is 611 g/mol. The van der Waals surface area contributed by atoms with Crippen LogP contribution in [-0.2, 0) is 19.6 Å². The van der Waals surface area contributed by atoms with Crippen molar-refractivity contribution in [3.05, 3.63) is 64.2 Å². The summed E-state index contributed by atoms with van der Waals surface area (Å²) in [6.45, 7) is 12.7. The average Bonchev–Trinajstić information content (AvgIpc) is 3.21. The zero-order valence-corrected chi connectivity index (χ0v) is 26.5. The van der Waals surface area contributed by atoms with Crippen LogP contribution in [0.25, 0.3) is 0 Å². The van der Waals surface area contributed by atoms with Crippen molar-refractivity contribution < 1.29 is 32.7 Å². The van der Waals surface area contributed by atoms with Gasteiger partial charge in [-0.3, -0.25) is 19.3 Å². The van der Waals surface area contributed by atoms with Gasteiger partial charge in [-0.15, -0.1) is 0 Å². The van der Waals surface area contributed by atoms with Crippen molar-refractivity contribution in [2.75, 3.05) is 26.2 Å². The Hall–Kier alpha value is -3.57. The van der Waals surface area contributed by atoms with Gasteiger partial charge in [-0.1, -0.05) is 65.8 Å². The van der Waals surface area contributed by atoms with Gasteiger partial charge in [-0.25, -0.2) is 13.2 Å². The van der Waals surface area contributed by atoms with Gasteiger partial charge in [-0.05, 0) is 53.0 Å². The van der Waals surface area contributed by atoms with Gasteiger partial charge >= 0.3 is 5.97 Å². The quantitative estimate of drug-likeness (QED) is 0.394. The van der Waals surface area contributed by atoms with Crippen molar-refractivity contribution in [3.63, 3.8) is 0 Å². The molecule has 0 saturated carbocycles. The molecule has 1 saturated heterocycles. The van der Waals surface area contributed by atoms with Crippen LogP contribution in [0, 0.1) is 0 Å². The first kappa shape index (κ1) is 32.3. The highest BCUT2D eigenvalue weighted by molar-refractivity contribution is 7.89. The predicted molar refractivity (Wildman–Crippen MR) is 162 cm³/mol. The van der Waals surface area contributed by atoms with Gasteiger partial charge in [0.25, 0.3) is 11.8 Å². The number of carboxylic acid groups (broad SMARTS) is 1. The number of fused-ring (bicyclic) bond motifs is 1. The summed E-state index contributed by atoms with van der Waals surface area (Å²) in [5.74, 6) is -2.87. The number of imide groups is 1. The summed E-state index contributed by atoms with van der Waals surface area (Å²) < 4.78 is 29.6. The number of carboxylic acids is 1. The lowest BCUT2D eigenvalue weighted by Crippen LogP contribution is -2.51. The summed E-state index contributed by atoms with van der Waals surface area (Å²) in [6, 6.07) is 8.65. The molecule has 4 rings (SSSR count). The fourth-order valence-corrected chi connectivity index (χ4v) is 7.85. The molecule has 1 atom stereocenters. The van der Waals surface area contributed by atoms with E-state index >= 15 is 0 Å². The highest BCUT2D eigenvalue weighted by atomic mass is 32.2. The first-order valence-electron chi connectivity index (χ1n) is 14.8. The van der Waals surface area contributed by atoms with Crippen molar-refractivity contribution in [2.24, 2.45) is 0 Å². The molecule has 0 aliphatic carbocycles. The molecule has 2 aliphatic heterocycles. The van der Waals surface area contributed by atoms with Crippen LogP contribution < -0.4 is 0 Å². The Morgan fingerprint density at radius 1 is 0.814 bits per heavy atom. The van der Waals surface area contributed by atoms with Crippen molar-refractivity contribution in [1.29, 1.82) is 0 Å². The molecule has 232 valence electrons. The number of hydrogen-bond donors (Lipinski definition) is 1. The van der Waals surface area contributed by atoms with Gasteiger partial charge in [0.05, 0.1) is 16.0 Å². The minimum atomic E-state index is -3.86. The number of benzene rings is 2. The van der Waals surface area contributed by atoms with Crippen molar-refractivity contribution in [3.8, 4) is 0 Å². The molecule has 2 aromatic carbocycles. The van der Waals surface area contributed by atoms with Gasteiger partial charge in [0.1, 0.15) is 6.04 Å². The first-order valence-corrected chi connectivity index (χ1v) is 16.3. The maximum Gasteiger partial charge on any atom is 0.326 e. The van der Waals surface area contributed by atoms with E-state index in [0.717, 1.165) is 16.7 Å². The van der Waals surface area contributed by atoms with Gasteiger partial charge in [0, 0.05) is 32.6 Å². The second kappa shape index (κ2) is 12.6. The number of aliphatic carboxylic acids is 1. The Kier molecular flexibility index (Phi) is 9.46. The second-order valence-corrected chi connectivity index (χ2v) is 14.1. The molecule has 2 aliphatic rings. The summed E-state index contributed by atoms with van der Waals surface area (Å²) in [7, 11) is -3.86. The van der Waals surface area contributed by atoms with E-state index in [4.69, 9.17) is 0 Å². The highest BCUT2D eigenvalue weighted by Crippen LogP contribution is 2.37. The van der Waals surface area contributed by atoms with Crippen LogP contribution in [-0.4, -0.2) is 83.5 Å². The molecule has 1 N–H and O–H groups in total. The smallest absolute Gasteiger partial charge is 0.326 e. The number of rotatable bonds is 10. The van der Waals surface area contributed by atoms with E-state index in [2.05, 4.69) is 13.8 Å². The van der Waals surface area contributed by atoms with Crippen molar-refractivity contribution >= 4 is 33.7 Å². The Bertz CT molecular complexity index is 1480. The van der Waals surface area contributed by atoms with Crippen LogP contribution in [0.15, 0.2) is 41.3 Å². The molecule has 0 spiro atoms. The highest BCUT2D eigenvalue weighted by Gasteiger charge is 2.43. The molecule has 2 heterocycles. The van der Waals surface area contributed by atoms with Gasteiger partial charge < -0.3 is 10.0 Å². The van der Waals surface area contributed by atoms with Crippen LogP contribution in [0.3, 0.4) is 0 Å². The second-order valence-electron chi connectivity index (χ2n) is 12.2. The Balaban J connectivity index is 1.46. The van der Waals surface area contributed by atoms with E-state index in [9.17, 15) is 32.7 Å². The normalized spacial score (nSPS) is 16.9. The van der Waals surface area contributed by atoms with Crippen LogP contribution in [0.2, 0.25) is 0 Å². The Labute approximate surface area is 253 Å². The average molecular weight is 612 g/mol. The van der Waals surface area contributed by atoms with E-state index < -0.39 is 33.8 Å². The SMILES string of the molecule is CC(C)c1cc(C(C)C)c(S(=O)(=O)N2CCN(C(=O)CC[C@@H](C(=O)O)N3C(=O)c4ccccc4C3=O)CC2)c(C(C)C)c1. The van der Waals surface area contributed by atoms with Gasteiger partial charge in [-0.2, -0.15) is 4.31 Å². The number of carbonyl (C=O) groups excluding carboxylic acids is 3. The number of piperazine rings is 1. The number of amides is 3. The van der Waals surface area contributed by atoms with Crippen LogP contribution >= 0.6 is 0 Å². The maximum absolute atomic E-state index is 14.1. The first-order chi connectivity index (χ1) is 20.2. The number of carbonyl (C=O) groups is 4. The van der Waals surface area contributed by atoms with Crippen molar-refractivity contribution in [2.45, 2.75) is 83.1 Å². The van der Waals surface area contributed by atoms with Crippen molar-refractivity contribution in [1.82, 2.24) is 14.1 Å². The number of hydrogen-bond acceptors (Lipinski definition) is 6. The molecule has 3 amide bonds. The molecule has 0 radical (unpaired) electrons. The summed E-state index contributed by atoms with van der Waals surface area (Å²) in [6.07, 6.45) is -0.446. The fourth-order valence-electron chi connectivity index (χ4n) is 5.77. The molecule has 1 fully saturated rings. The number of nitrogens with zero attached hydrogens (tertiary/aromatic N) is 3. The fraction of sp³-hybridized carbons (Fsp3) is 0.500. The van der Waals surface area contributed by atoms with Gasteiger partial charge in [0.15, 0.2) is 0 Å². The van der Waals surface area contributed by atoms with Crippen LogP contribution in [0.1, 0.15) is 110 Å².